The summed E-state index contributed by atoms with van der Waals surface area (Å²) in [4.78, 5) is 13.8. The van der Waals surface area contributed by atoms with E-state index in [4.69, 9.17) is 5.84 Å². The van der Waals surface area contributed by atoms with Crippen molar-refractivity contribution in [2.45, 2.75) is 6.92 Å². The number of nitrogens with one attached hydrogen (secondary N) is 1. The highest BCUT2D eigenvalue weighted by molar-refractivity contribution is 6.04. The maximum atomic E-state index is 13.2. The van der Waals surface area contributed by atoms with Crippen molar-refractivity contribution in [1.29, 1.82) is 0 Å². The second kappa shape index (κ2) is 6.07. The summed E-state index contributed by atoms with van der Waals surface area (Å²) in [6, 6.07) is 8.88. The van der Waals surface area contributed by atoms with Gasteiger partial charge >= 0.3 is 0 Å². The van der Waals surface area contributed by atoms with Crippen molar-refractivity contribution in [2.75, 3.05) is 16.9 Å². The Bertz CT molecular complexity index is 602. The van der Waals surface area contributed by atoms with Gasteiger partial charge in [0, 0.05) is 12.2 Å². The van der Waals surface area contributed by atoms with Gasteiger partial charge in [-0.3, -0.25) is 4.79 Å². The molecule has 0 fully saturated rings. The van der Waals surface area contributed by atoms with Crippen LogP contribution >= 0.6 is 0 Å². The second-order valence-electron chi connectivity index (χ2n) is 3.98. The maximum absolute atomic E-state index is 13.2. The van der Waals surface area contributed by atoms with E-state index < -0.39 is 5.82 Å². The van der Waals surface area contributed by atoms with Crippen LogP contribution in [0.1, 0.15) is 17.4 Å². The van der Waals surface area contributed by atoms with Gasteiger partial charge in [0.2, 0.25) is 0 Å². The first-order valence-corrected chi connectivity index (χ1v) is 6.03. The van der Waals surface area contributed by atoms with E-state index in [0.717, 1.165) is 0 Å². The van der Waals surface area contributed by atoms with Gasteiger partial charge < -0.3 is 10.3 Å². The molecule has 0 bridgehead atoms. The number of hydrogen-bond acceptors (Lipinski definition) is 5. The molecule has 1 heterocycles. The summed E-state index contributed by atoms with van der Waals surface area (Å²) in [5.41, 5.74) is 2.96. The summed E-state index contributed by atoms with van der Waals surface area (Å²) in [5, 5.41) is 7.53. The van der Waals surface area contributed by atoms with E-state index in [1.807, 2.05) is 0 Å². The summed E-state index contributed by atoms with van der Waals surface area (Å²) < 4.78 is 13.2. The number of nitrogens with two attached hydrogens (primary N) is 1. The summed E-state index contributed by atoms with van der Waals surface area (Å²) in [6.07, 6.45) is 0. The first-order valence-electron chi connectivity index (χ1n) is 6.03. The minimum Gasteiger partial charge on any atom is -0.307 e. The standard InChI is InChI=1S/C13H14FN5O/c1-2-19(10-5-3-4-9(14)8-10)13(20)11-6-7-12(16-15)18-17-11/h3-8H,2,15H2,1H3,(H,16,18). The molecule has 2 rings (SSSR count). The van der Waals surface area contributed by atoms with Crippen molar-refractivity contribution in [2.24, 2.45) is 5.84 Å². The molecule has 0 atom stereocenters. The number of amides is 1. The van der Waals surface area contributed by atoms with E-state index in [-0.39, 0.29) is 11.6 Å². The fraction of sp³-hybridized carbons (Fsp3) is 0.154. The van der Waals surface area contributed by atoms with E-state index >= 15 is 0 Å². The molecule has 104 valence electrons. The highest BCUT2D eigenvalue weighted by atomic mass is 19.1. The zero-order valence-electron chi connectivity index (χ0n) is 10.9. The molecule has 0 unspecified atom stereocenters. The molecule has 20 heavy (non-hydrogen) atoms. The van der Waals surface area contributed by atoms with Crippen molar-refractivity contribution in [3.05, 3.63) is 47.9 Å². The topological polar surface area (TPSA) is 84.1 Å². The molecule has 0 radical (unpaired) electrons. The minimum atomic E-state index is -0.400. The molecule has 0 aliphatic rings. The molecular formula is C13H14FN5O. The van der Waals surface area contributed by atoms with Crippen LogP contribution in [0.5, 0.6) is 0 Å². The van der Waals surface area contributed by atoms with Gasteiger partial charge in [-0.05, 0) is 37.3 Å². The lowest BCUT2D eigenvalue weighted by molar-refractivity contribution is 0.0982. The van der Waals surface area contributed by atoms with Gasteiger partial charge in [0.05, 0.1) is 0 Å². The fourth-order valence-corrected chi connectivity index (χ4v) is 1.75. The molecule has 3 N–H and O–H groups in total. The number of aromatic nitrogens is 2. The zero-order chi connectivity index (χ0) is 14.5. The quantitative estimate of drug-likeness (QED) is 0.653. The van der Waals surface area contributed by atoms with Gasteiger partial charge in [0.25, 0.3) is 5.91 Å². The summed E-state index contributed by atoms with van der Waals surface area (Å²) in [5.74, 6) is 4.78. The number of hydrazine groups is 1. The number of anilines is 2. The molecule has 1 aromatic heterocycles. The molecule has 0 aliphatic heterocycles. The van der Waals surface area contributed by atoms with Crippen LogP contribution in [-0.2, 0) is 0 Å². The lowest BCUT2D eigenvalue weighted by atomic mass is 10.2. The Hall–Kier alpha value is -2.54. The van der Waals surface area contributed by atoms with Gasteiger partial charge in [-0.1, -0.05) is 6.07 Å². The average Bonchev–Trinajstić information content (AvgIpc) is 2.48. The lowest BCUT2D eigenvalue weighted by Crippen LogP contribution is -2.31. The number of carbonyl (C=O) groups excluding carboxylic acids is 1. The molecule has 0 aliphatic carbocycles. The molecule has 2 aromatic rings. The molecule has 0 saturated heterocycles. The van der Waals surface area contributed by atoms with E-state index in [0.29, 0.717) is 18.1 Å². The number of rotatable bonds is 4. The van der Waals surface area contributed by atoms with Gasteiger partial charge in [-0.25, -0.2) is 10.2 Å². The smallest absolute Gasteiger partial charge is 0.278 e. The Morgan fingerprint density at radius 3 is 2.70 bits per heavy atom. The number of hydrogen-bond donors (Lipinski definition) is 2. The van der Waals surface area contributed by atoms with Gasteiger partial charge in [-0.15, -0.1) is 10.2 Å². The molecular weight excluding hydrogens is 261 g/mol. The molecule has 1 aromatic carbocycles. The number of nitrogen functional groups attached to an aromatic ring is 1. The van der Waals surface area contributed by atoms with E-state index in [2.05, 4.69) is 15.6 Å². The van der Waals surface area contributed by atoms with Crippen LogP contribution in [-0.4, -0.2) is 22.6 Å². The third-order valence-corrected chi connectivity index (χ3v) is 2.71. The third kappa shape index (κ3) is 2.89. The van der Waals surface area contributed by atoms with Crippen LogP contribution < -0.4 is 16.2 Å². The number of benzene rings is 1. The number of halogens is 1. The molecule has 6 nitrogen and oxygen atoms in total. The van der Waals surface area contributed by atoms with E-state index in [9.17, 15) is 9.18 Å². The summed E-state index contributed by atoms with van der Waals surface area (Å²) >= 11 is 0. The van der Waals surface area contributed by atoms with Crippen molar-refractivity contribution in [3.63, 3.8) is 0 Å². The van der Waals surface area contributed by atoms with Gasteiger partial charge in [0.1, 0.15) is 5.82 Å². The number of nitrogens with zero attached hydrogens (tertiary/aromatic N) is 3. The minimum absolute atomic E-state index is 0.162. The second-order valence-corrected chi connectivity index (χ2v) is 3.98. The Morgan fingerprint density at radius 2 is 2.15 bits per heavy atom. The van der Waals surface area contributed by atoms with Crippen molar-refractivity contribution >= 4 is 17.4 Å². The molecule has 1 amide bonds. The number of carbonyl (C=O) groups is 1. The van der Waals surface area contributed by atoms with Gasteiger partial charge in [0.15, 0.2) is 11.5 Å². The lowest BCUT2D eigenvalue weighted by Gasteiger charge is -2.20. The molecule has 0 saturated carbocycles. The highest BCUT2D eigenvalue weighted by Crippen LogP contribution is 2.17. The van der Waals surface area contributed by atoms with Crippen molar-refractivity contribution < 1.29 is 9.18 Å². The van der Waals surface area contributed by atoms with Crippen LogP contribution in [0, 0.1) is 5.82 Å². The first kappa shape index (κ1) is 13.9. The van der Waals surface area contributed by atoms with Crippen LogP contribution in [0.15, 0.2) is 36.4 Å². The monoisotopic (exact) mass is 275 g/mol. The average molecular weight is 275 g/mol. The van der Waals surface area contributed by atoms with Crippen LogP contribution in [0.2, 0.25) is 0 Å². The fourth-order valence-electron chi connectivity index (χ4n) is 1.75. The Balaban J connectivity index is 2.28. The predicted molar refractivity (Wildman–Crippen MR) is 73.6 cm³/mol. The SMILES string of the molecule is CCN(C(=O)c1ccc(NN)nn1)c1cccc(F)c1. The highest BCUT2D eigenvalue weighted by Gasteiger charge is 2.18. The van der Waals surface area contributed by atoms with E-state index in [1.165, 1.54) is 23.1 Å². The Labute approximate surface area is 115 Å². The molecule has 0 spiro atoms. The Kier molecular flexibility index (Phi) is 4.21. The largest absolute Gasteiger partial charge is 0.307 e. The van der Waals surface area contributed by atoms with Gasteiger partial charge in [-0.2, -0.15) is 0 Å². The summed E-state index contributed by atoms with van der Waals surface area (Å²) in [6.45, 7) is 2.19. The van der Waals surface area contributed by atoms with Crippen LogP contribution in [0.3, 0.4) is 0 Å². The zero-order valence-corrected chi connectivity index (χ0v) is 10.9. The predicted octanol–water partition coefficient (Wildman–Crippen LogP) is 1.57. The first-order chi connectivity index (χ1) is 9.65. The van der Waals surface area contributed by atoms with E-state index in [1.54, 1.807) is 25.1 Å². The van der Waals surface area contributed by atoms with Crippen molar-refractivity contribution in [3.8, 4) is 0 Å². The van der Waals surface area contributed by atoms with Crippen LogP contribution in [0.4, 0.5) is 15.9 Å². The third-order valence-electron chi connectivity index (χ3n) is 2.71. The maximum Gasteiger partial charge on any atom is 0.278 e. The summed E-state index contributed by atoms with van der Waals surface area (Å²) in [7, 11) is 0. The molecule has 7 heteroatoms. The van der Waals surface area contributed by atoms with Crippen molar-refractivity contribution in [1.82, 2.24) is 10.2 Å². The van der Waals surface area contributed by atoms with Crippen LogP contribution in [0.25, 0.3) is 0 Å². The Morgan fingerprint density at radius 1 is 1.35 bits per heavy atom. The normalized spacial score (nSPS) is 10.2.